The van der Waals surface area contributed by atoms with E-state index in [1.54, 1.807) is 18.4 Å². The first-order chi connectivity index (χ1) is 15.2. The Morgan fingerprint density at radius 2 is 1.84 bits per heavy atom. The first-order valence-corrected chi connectivity index (χ1v) is 11.6. The average molecular weight is 438 g/mol. The number of amides is 1. The lowest BCUT2D eigenvalue weighted by atomic mass is 9.97. The van der Waals surface area contributed by atoms with Gasteiger partial charge in [0.15, 0.2) is 0 Å². The second-order valence-electron chi connectivity index (χ2n) is 7.65. The van der Waals surface area contributed by atoms with Crippen LogP contribution >= 0.6 is 11.3 Å². The third kappa shape index (κ3) is 4.98. The summed E-state index contributed by atoms with van der Waals surface area (Å²) >= 11 is 1.68. The van der Waals surface area contributed by atoms with Crippen LogP contribution in [0.1, 0.15) is 39.3 Å². The van der Waals surface area contributed by atoms with Crippen molar-refractivity contribution in [2.24, 2.45) is 0 Å². The molecule has 0 saturated carbocycles. The number of aryl methyl sites for hydroxylation is 1. The van der Waals surface area contributed by atoms with Crippen molar-refractivity contribution >= 4 is 22.2 Å². The molecule has 0 aliphatic carbocycles. The van der Waals surface area contributed by atoms with Crippen molar-refractivity contribution in [1.29, 1.82) is 0 Å². The summed E-state index contributed by atoms with van der Waals surface area (Å²) < 4.78 is 11.0. The van der Waals surface area contributed by atoms with Gasteiger partial charge in [0, 0.05) is 21.6 Å². The van der Waals surface area contributed by atoms with E-state index in [1.807, 2.05) is 42.5 Å². The second-order valence-corrected chi connectivity index (χ2v) is 8.78. The maximum atomic E-state index is 12.9. The lowest BCUT2D eigenvalue weighted by Gasteiger charge is -2.32. The van der Waals surface area contributed by atoms with Crippen LogP contribution in [0.15, 0.2) is 60.7 Å². The molecule has 162 valence electrons. The SMILES string of the molecule is CCc1cc([C@H](c2ccc(OC)cc2)[NH+]2CCOCC2)c(NC(=O)c2ccccc2)s1. The molecule has 1 amide bonds. The van der Waals surface area contributed by atoms with E-state index in [2.05, 4.69) is 30.4 Å². The van der Waals surface area contributed by atoms with Crippen LogP contribution in [-0.2, 0) is 11.2 Å². The normalized spacial score (nSPS) is 15.4. The van der Waals surface area contributed by atoms with Crippen molar-refractivity contribution in [3.8, 4) is 5.75 Å². The van der Waals surface area contributed by atoms with Crippen LogP contribution in [0.5, 0.6) is 5.75 Å². The van der Waals surface area contributed by atoms with Gasteiger partial charge < -0.3 is 19.7 Å². The van der Waals surface area contributed by atoms with E-state index in [4.69, 9.17) is 9.47 Å². The Morgan fingerprint density at radius 3 is 2.48 bits per heavy atom. The summed E-state index contributed by atoms with van der Waals surface area (Å²) in [6, 6.07) is 20.1. The van der Waals surface area contributed by atoms with Crippen LogP contribution in [0.3, 0.4) is 0 Å². The maximum Gasteiger partial charge on any atom is 0.256 e. The number of hydrogen-bond acceptors (Lipinski definition) is 4. The molecule has 0 unspecified atom stereocenters. The molecule has 6 heteroatoms. The summed E-state index contributed by atoms with van der Waals surface area (Å²) in [5, 5.41) is 4.14. The lowest BCUT2D eigenvalue weighted by molar-refractivity contribution is -0.933. The standard InChI is InChI=1S/C25H28N2O3S/c1-3-21-17-22(25(31-21)26-24(28)19-7-5-4-6-8-19)23(27-13-15-30-16-14-27)18-9-11-20(29-2)12-10-18/h4-12,17,23H,3,13-16H2,1-2H3,(H,26,28)/p+1/t23-/m0/s1. The Hall–Kier alpha value is -2.67. The summed E-state index contributed by atoms with van der Waals surface area (Å²) in [6.07, 6.45) is 0.937. The van der Waals surface area contributed by atoms with Gasteiger partial charge in [-0.15, -0.1) is 11.3 Å². The number of carbonyl (C=O) groups is 1. The van der Waals surface area contributed by atoms with Crippen LogP contribution < -0.4 is 15.0 Å². The summed E-state index contributed by atoms with van der Waals surface area (Å²) in [5.74, 6) is 0.772. The van der Waals surface area contributed by atoms with Crippen molar-refractivity contribution < 1.29 is 19.2 Å². The van der Waals surface area contributed by atoms with Crippen molar-refractivity contribution in [2.75, 3.05) is 38.7 Å². The molecule has 5 nitrogen and oxygen atoms in total. The molecule has 1 atom stereocenters. The minimum Gasteiger partial charge on any atom is -0.497 e. The zero-order chi connectivity index (χ0) is 21.6. The number of carbonyl (C=O) groups excluding carboxylic acids is 1. The summed E-state index contributed by atoms with van der Waals surface area (Å²) in [5.41, 5.74) is 3.06. The first kappa shape index (κ1) is 21.6. The van der Waals surface area contributed by atoms with Crippen LogP contribution in [0.4, 0.5) is 5.00 Å². The number of methoxy groups -OCH3 is 1. The third-order valence-corrected chi connectivity index (χ3v) is 6.94. The molecule has 1 aliphatic rings. The number of nitrogens with one attached hydrogen (secondary N) is 2. The van der Waals surface area contributed by atoms with Gasteiger partial charge in [0.1, 0.15) is 29.9 Å². The topological polar surface area (TPSA) is 52.0 Å². The quantitative estimate of drug-likeness (QED) is 0.594. The van der Waals surface area contributed by atoms with E-state index in [9.17, 15) is 4.79 Å². The Balaban J connectivity index is 1.72. The van der Waals surface area contributed by atoms with Crippen LogP contribution in [0.25, 0.3) is 0 Å². The number of anilines is 1. The molecular formula is C25H29N2O3S+. The van der Waals surface area contributed by atoms with Gasteiger partial charge in [0.25, 0.3) is 5.91 Å². The van der Waals surface area contributed by atoms with Gasteiger partial charge in [-0.1, -0.05) is 25.1 Å². The molecule has 1 aliphatic heterocycles. The highest BCUT2D eigenvalue weighted by molar-refractivity contribution is 7.16. The van der Waals surface area contributed by atoms with Gasteiger partial charge in [-0.2, -0.15) is 0 Å². The van der Waals surface area contributed by atoms with Gasteiger partial charge >= 0.3 is 0 Å². The fraction of sp³-hybridized carbons (Fsp3) is 0.320. The second kappa shape index (κ2) is 10.1. The Labute approximate surface area is 187 Å². The third-order valence-electron chi connectivity index (χ3n) is 5.73. The first-order valence-electron chi connectivity index (χ1n) is 10.7. The van der Waals surface area contributed by atoms with E-state index in [1.165, 1.54) is 20.9 Å². The molecule has 0 spiro atoms. The maximum absolute atomic E-state index is 12.9. The van der Waals surface area contributed by atoms with Crippen LogP contribution in [0, 0.1) is 0 Å². The highest BCUT2D eigenvalue weighted by Gasteiger charge is 2.32. The Morgan fingerprint density at radius 1 is 1.13 bits per heavy atom. The fourth-order valence-corrected chi connectivity index (χ4v) is 5.09. The van der Waals surface area contributed by atoms with E-state index in [0.717, 1.165) is 43.5 Å². The highest BCUT2D eigenvalue weighted by Crippen LogP contribution is 2.35. The Bertz CT molecular complexity index is 995. The number of morpholine rings is 1. The number of benzene rings is 2. The minimum atomic E-state index is -0.0724. The number of thiophene rings is 1. The largest absolute Gasteiger partial charge is 0.497 e. The van der Waals surface area contributed by atoms with Crippen molar-refractivity contribution in [3.05, 3.63) is 82.2 Å². The molecule has 0 bridgehead atoms. The smallest absolute Gasteiger partial charge is 0.256 e. The number of ether oxygens (including phenoxy) is 2. The summed E-state index contributed by atoms with van der Waals surface area (Å²) in [4.78, 5) is 15.7. The van der Waals surface area contributed by atoms with Crippen molar-refractivity contribution in [3.63, 3.8) is 0 Å². The summed E-state index contributed by atoms with van der Waals surface area (Å²) in [7, 11) is 1.68. The molecule has 3 aromatic rings. The van der Waals surface area contributed by atoms with E-state index < -0.39 is 0 Å². The predicted octanol–water partition coefficient (Wildman–Crippen LogP) is 3.58. The van der Waals surface area contributed by atoms with Crippen LogP contribution in [0.2, 0.25) is 0 Å². The van der Waals surface area contributed by atoms with Crippen LogP contribution in [-0.4, -0.2) is 39.3 Å². The van der Waals surface area contributed by atoms with Gasteiger partial charge in [-0.25, -0.2) is 0 Å². The Kier molecular flexibility index (Phi) is 7.02. The van der Waals surface area contributed by atoms with Gasteiger partial charge in [0.05, 0.1) is 20.3 Å². The zero-order valence-electron chi connectivity index (χ0n) is 18.0. The monoisotopic (exact) mass is 437 g/mol. The molecule has 1 saturated heterocycles. The number of quaternary nitrogens is 1. The fourth-order valence-electron chi connectivity index (χ4n) is 4.06. The highest BCUT2D eigenvalue weighted by atomic mass is 32.1. The molecule has 4 rings (SSSR count). The molecule has 2 aromatic carbocycles. The van der Waals surface area contributed by atoms with Gasteiger partial charge in [0.2, 0.25) is 0 Å². The average Bonchev–Trinajstić information content (AvgIpc) is 3.23. The summed E-state index contributed by atoms with van der Waals surface area (Å²) in [6.45, 7) is 5.51. The van der Waals surface area contributed by atoms with Gasteiger partial charge in [-0.05, 0) is 48.9 Å². The number of rotatable bonds is 7. The van der Waals surface area contributed by atoms with Gasteiger partial charge in [-0.3, -0.25) is 4.79 Å². The minimum absolute atomic E-state index is 0.0724. The molecular weight excluding hydrogens is 408 g/mol. The molecule has 2 heterocycles. The molecule has 1 fully saturated rings. The lowest BCUT2D eigenvalue weighted by Crippen LogP contribution is -3.14. The number of hydrogen-bond donors (Lipinski definition) is 2. The van der Waals surface area contributed by atoms with E-state index >= 15 is 0 Å². The molecule has 1 aromatic heterocycles. The van der Waals surface area contributed by atoms with Crippen molar-refractivity contribution in [2.45, 2.75) is 19.4 Å². The van der Waals surface area contributed by atoms with E-state index in [-0.39, 0.29) is 11.9 Å². The zero-order valence-corrected chi connectivity index (χ0v) is 18.8. The molecule has 31 heavy (non-hydrogen) atoms. The molecule has 0 radical (unpaired) electrons. The molecule has 2 N–H and O–H groups in total. The van der Waals surface area contributed by atoms with Crippen molar-refractivity contribution in [1.82, 2.24) is 0 Å². The predicted molar refractivity (Wildman–Crippen MR) is 124 cm³/mol. The van der Waals surface area contributed by atoms with E-state index in [0.29, 0.717) is 5.56 Å².